The van der Waals surface area contributed by atoms with Gasteiger partial charge in [-0.1, -0.05) is 0 Å². The molecule has 1 unspecified atom stereocenters. The Kier molecular flexibility index (Phi) is 2.36. The highest BCUT2D eigenvalue weighted by Gasteiger charge is 2.52. The van der Waals surface area contributed by atoms with E-state index in [1.54, 1.807) is 24.5 Å². The number of anilines is 1. The fraction of sp³-hybridized carbons (Fsp3) is 0.462. The molecule has 2 amide bonds. The Morgan fingerprint density at radius 1 is 1.44 bits per heavy atom. The Balaban J connectivity index is 1.95. The first-order chi connectivity index (χ1) is 8.61. The molecule has 1 N–H and O–H groups in total. The van der Waals surface area contributed by atoms with Crippen molar-refractivity contribution in [3.63, 3.8) is 0 Å². The number of carbonyl (C=O) groups excluding carboxylic acids is 2. The van der Waals surface area contributed by atoms with Crippen molar-refractivity contribution < 1.29 is 9.59 Å². The van der Waals surface area contributed by atoms with Crippen LogP contribution in [0.25, 0.3) is 0 Å². The molecular weight excluding hydrogens is 230 g/mol. The van der Waals surface area contributed by atoms with Gasteiger partial charge in [-0.3, -0.25) is 19.5 Å². The lowest BCUT2D eigenvalue weighted by atomic mass is 9.91. The Labute approximate surface area is 105 Å². The van der Waals surface area contributed by atoms with Crippen molar-refractivity contribution in [3.05, 3.63) is 24.5 Å². The fourth-order valence-electron chi connectivity index (χ4n) is 2.54. The zero-order chi connectivity index (χ0) is 12.8. The maximum Gasteiger partial charge on any atom is 0.253 e. The quantitative estimate of drug-likeness (QED) is 0.834. The smallest absolute Gasteiger partial charge is 0.253 e. The highest BCUT2D eigenvalue weighted by molar-refractivity contribution is 6.09. The molecule has 1 aliphatic carbocycles. The van der Waals surface area contributed by atoms with Crippen LogP contribution in [0, 0.1) is 5.92 Å². The zero-order valence-electron chi connectivity index (χ0n) is 10.2. The van der Waals surface area contributed by atoms with Gasteiger partial charge in [0, 0.05) is 6.20 Å². The highest BCUT2D eigenvalue weighted by atomic mass is 16.2. The van der Waals surface area contributed by atoms with E-state index in [1.165, 1.54) is 4.90 Å². The molecule has 94 valence electrons. The number of hydrogen-bond acceptors (Lipinski definition) is 3. The lowest BCUT2D eigenvalue weighted by molar-refractivity contribution is -0.136. The molecule has 0 spiro atoms. The van der Waals surface area contributed by atoms with Crippen molar-refractivity contribution in [2.24, 2.45) is 5.92 Å². The second-order valence-corrected chi connectivity index (χ2v) is 5.13. The van der Waals surface area contributed by atoms with Crippen molar-refractivity contribution in [1.82, 2.24) is 10.3 Å². The normalized spacial score (nSPS) is 28.2. The van der Waals surface area contributed by atoms with Crippen molar-refractivity contribution in [1.29, 1.82) is 0 Å². The molecule has 0 aromatic carbocycles. The average Bonchev–Trinajstić information content (AvgIpc) is 3.19. The van der Waals surface area contributed by atoms with E-state index in [0.717, 1.165) is 12.8 Å². The maximum absolute atomic E-state index is 12.6. The van der Waals surface area contributed by atoms with Crippen LogP contribution in [-0.4, -0.2) is 28.9 Å². The third kappa shape index (κ3) is 1.66. The van der Waals surface area contributed by atoms with Crippen molar-refractivity contribution >= 4 is 17.5 Å². The molecule has 3 rings (SSSR count). The fourth-order valence-corrected chi connectivity index (χ4v) is 2.54. The van der Waals surface area contributed by atoms with Crippen LogP contribution in [0.15, 0.2) is 24.5 Å². The molecule has 0 radical (unpaired) electrons. The minimum Gasteiger partial charge on any atom is -0.340 e. The van der Waals surface area contributed by atoms with Gasteiger partial charge in [-0.15, -0.1) is 0 Å². The predicted octanol–water partition coefficient (Wildman–Crippen LogP) is 0.713. The van der Waals surface area contributed by atoms with Crippen molar-refractivity contribution in [2.45, 2.75) is 25.3 Å². The Morgan fingerprint density at radius 3 is 2.83 bits per heavy atom. The molecule has 1 aromatic rings. The molecule has 5 nitrogen and oxygen atoms in total. The van der Waals surface area contributed by atoms with Gasteiger partial charge < -0.3 is 5.32 Å². The van der Waals surface area contributed by atoms with Crippen LogP contribution in [0.3, 0.4) is 0 Å². The average molecular weight is 245 g/mol. The number of amides is 2. The Hall–Kier alpha value is -1.91. The summed E-state index contributed by atoms with van der Waals surface area (Å²) in [4.78, 5) is 29.9. The standard InChI is InChI=1S/C13H15N3O2/c1-13(9-4-5-9)12(18)16(8-11(17)15-13)10-3-2-6-14-7-10/h2-3,6-7,9H,4-5,8H2,1H3,(H,15,17). The van der Waals surface area contributed by atoms with Gasteiger partial charge in [-0.25, -0.2) is 0 Å². The molecular formula is C13H15N3O2. The number of nitrogens with zero attached hydrogens (tertiary/aromatic N) is 2. The molecule has 1 aliphatic heterocycles. The van der Waals surface area contributed by atoms with Crippen LogP contribution in [0.5, 0.6) is 0 Å². The van der Waals surface area contributed by atoms with Gasteiger partial charge in [0.2, 0.25) is 5.91 Å². The third-order valence-corrected chi connectivity index (χ3v) is 3.74. The molecule has 1 saturated heterocycles. The van der Waals surface area contributed by atoms with Crippen molar-refractivity contribution in [3.8, 4) is 0 Å². The minimum atomic E-state index is -0.745. The Bertz CT molecular complexity index is 498. The SMILES string of the molecule is CC1(C2CC2)NC(=O)CN(c2cccnc2)C1=O. The largest absolute Gasteiger partial charge is 0.340 e. The van der Waals surface area contributed by atoms with Crippen LogP contribution >= 0.6 is 0 Å². The summed E-state index contributed by atoms with van der Waals surface area (Å²) in [5.41, 5.74) is -0.0604. The lowest BCUT2D eigenvalue weighted by Gasteiger charge is -2.39. The summed E-state index contributed by atoms with van der Waals surface area (Å²) < 4.78 is 0. The summed E-state index contributed by atoms with van der Waals surface area (Å²) in [6.45, 7) is 1.90. The summed E-state index contributed by atoms with van der Waals surface area (Å²) in [7, 11) is 0. The maximum atomic E-state index is 12.6. The molecule has 18 heavy (non-hydrogen) atoms. The van der Waals surface area contributed by atoms with Crippen LogP contribution in [0.1, 0.15) is 19.8 Å². The van der Waals surface area contributed by atoms with Gasteiger partial charge in [0.25, 0.3) is 5.91 Å². The van der Waals surface area contributed by atoms with Crippen LogP contribution < -0.4 is 10.2 Å². The molecule has 2 fully saturated rings. The van der Waals surface area contributed by atoms with Gasteiger partial charge in [0.1, 0.15) is 12.1 Å². The molecule has 1 atom stereocenters. The first-order valence-corrected chi connectivity index (χ1v) is 6.14. The van der Waals surface area contributed by atoms with E-state index in [0.29, 0.717) is 5.69 Å². The van der Waals surface area contributed by atoms with Gasteiger partial charge in [-0.05, 0) is 37.8 Å². The van der Waals surface area contributed by atoms with E-state index < -0.39 is 5.54 Å². The van der Waals surface area contributed by atoms with E-state index in [2.05, 4.69) is 10.3 Å². The van der Waals surface area contributed by atoms with Crippen LogP contribution in [-0.2, 0) is 9.59 Å². The topological polar surface area (TPSA) is 62.3 Å². The number of aromatic nitrogens is 1. The van der Waals surface area contributed by atoms with Gasteiger partial charge in [0.05, 0.1) is 11.9 Å². The second-order valence-electron chi connectivity index (χ2n) is 5.13. The number of piperazine rings is 1. The van der Waals surface area contributed by atoms with E-state index in [4.69, 9.17) is 0 Å². The molecule has 0 bridgehead atoms. The summed E-state index contributed by atoms with van der Waals surface area (Å²) in [5.74, 6) is 0.138. The molecule has 2 aliphatic rings. The number of nitrogens with one attached hydrogen (secondary N) is 1. The van der Waals surface area contributed by atoms with Crippen molar-refractivity contribution in [2.75, 3.05) is 11.4 Å². The predicted molar refractivity (Wildman–Crippen MR) is 65.9 cm³/mol. The lowest BCUT2D eigenvalue weighted by Crippen LogP contribution is -2.66. The van der Waals surface area contributed by atoms with Gasteiger partial charge in [-0.2, -0.15) is 0 Å². The summed E-state index contributed by atoms with van der Waals surface area (Å²) in [5, 5.41) is 2.85. The Morgan fingerprint density at radius 2 is 2.22 bits per heavy atom. The van der Waals surface area contributed by atoms with E-state index in [9.17, 15) is 9.59 Å². The number of carbonyl (C=O) groups is 2. The first kappa shape index (κ1) is 11.2. The molecule has 1 saturated carbocycles. The summed E-state index contributed by atoms with van der Waals surface area (Å²) in [6.07, 6.45) is 5.27. The minimum absolute atomic E-state index is 0.0300. The van der Waals surface area contributed by atoms with Gasteiger partial charge >= 0.3 is 0 Å². The summed E-state index contributed by atoms with van der Waals surface area (Å²) >= 11 is 0. The van der Waals surface area contributed by atoms with E-state index in [1.807, 2.05) is 6.92 Å². The molecule has 1 aromatic heterocycles. The first-order valence-electron chi connectivity index (χ1n) is 6.14. The number of hydrogen-bond donors (Lipinski definition) is 1. The van der Waals surface area contributed by atoms with Crippen LogP contribution in [0.4, 0.5) is 5.69 Å². The van der Waals surface area contributed by atoms with Gasteiger partial charge in [0.15, 0.2) is 0 Å². The highest BCUT2D eigenvalue weighted by Crippen LogP contribution is 2.42. The monoisotopic (exact) mass is 245 g/mol. The van der Waals surface area contributed by atoms with E-state index in [-0.39, 0.29) is 24.3 Å². The molecule has 5 heteroatoms. The zero-order valence-corrected chi connectivity index (χ0v) is 10.2. The number of pyridine rings is 1. The number of rotatable bonds is 2. The van der Waals surface area contributed by atoms with Crippen LogP contribution in [0.2, 0.25) is 0 Å². The third-order valence-electron chi connectivity index (χ3n) is 3.74. The summed E-state index contributed by atoms with van der Waals surface area (Å²) in [6, 6.07) is 3.57. The molecule has 2 heterocycles. The second kappa shape index (κ2) is 3.80. The van der Waals surface area contributed by atoms with E-state index >= 15 is 0 Å².